The van der Waals surface area contributed by atoms with E-state index < -0.39 is 9.84 Å². The molecule has 0 saturated carbocycles. The number of carbonyl (C=O) groups is 1. The van der Waals surface area contributed by atoms with Crippen molar-refractivity contribution in [2.24, 2.45) is 5.41 Å². The fraction of sp³-hybridized carbons (Fsp3) is 0.733. The number of rotatable bonds is 5. The monoisotopic (exact) mass is 327 g/mol. The SMILES string of the molecule is CC(C)(C)CCCC(=O)Nc1ccnn1[C@H]1CCS(=O)(=O)C1. The second-order valence-electron chi connectivity index (χ2n) is 7.18. The van der Waals surface area contributed by atoms with Crippen LogP contribution in [0.3, 0.4) is 0 Å². The van der Waals surface area contributed by atoms with Crippen molar-refractivity contribution in [3.8, 4) is 0 Å². The number of hydrogen-bond acceptors (Lipinski definition) is 4. The molecule has 0 aromatic carbocycles. The molecule has 1 amide bonds. The number of amides is 1. The van der Waals surface area contributed by atoms with Gasteiger partial charge < -0.3 is 5.32 Å². The number of carbonyl (C=O) groups excluding carboxylic acids is 1. The smallest absolute Gasteiger partial charge is 0.225 e. The van der Waals surface area contributed by atoms with Crippen molar-refractivity contribution < 1.29 is 13.2 Å². The van der Waals surface area contributed by atoms with E-state index in [0.717, 1.165) is 12.8 Å². The van der Waals surface area contributed by atoms with Crippen LogP contribution in [0.25, 0.3) is 0 Å². The summed E-state index contributed by atoms with van der Waals surface area (Å²) in [6.07, 6.45) is 4.43. The second kappa shape index (κ2) is 6.40. The highest BCUT2D eigenvalue weighted by molar-refractivity contribution is 7.91. The molecule has 124 valence electrons. The van der Waals surface area contributed by atoms with Crippen molar-refractivity contribution in [2.75, 3.05) is 16.8 Å². The first kappa shape index (κ1) is 17.0. The van der Waals surface area contributed by atoms with Crippen molar-refractivity contribution in [1.82, 2.24) is 9.78 Å². The van der Waals surface area contributed by atoms with E-state index in [1.54, 1.807) is 16.9 Å². The third-order valence-corrected chi connectivity index (χ3v) is 5.57. The molecule has 2 rings (SSSR count). The summed E-state index contributed by atoms with van der Waals surface area (Å²) in [5.41, 5.74) is 0.222. The molecular formula is C15H25N3O3S. The maximum absolute atomic E-state index is 12.0. The number of aromatic nitrogens is 2. The summed E-state index contributed by atoms with van der Waals surface area (Å²) < 4.78 is 24.8. The number of nitrogens with zero attached hydrogens (tertiary/aromatic N) is 2. The molecule has 1 aliphatic rings. The Morgan fingerprint density at radius 1 is 1.45 bits per heavy atom. The lowest BCUT2D eigenvalue weighted by Crippen LogP contribution is -2.19. The molecule has 0 radical (unpaired) electrons. The first-order valence-corrected chi connectivity index (χ1v) is 9.52. The molecule has 1 aromatic heterocycles. The van der Waals surface area contributed by atoms with Gasteiger partial charge in [0.15, 0.2) is 9.84 Å². The van der Waals surface area contributed by atoms with Gasteiger partial charge in [-0.2, -0.15) is 5.10 Å². The van der Waals surface area contributed by atoms with Crippen LogP contribution in [-0.4, -0.2) is 35.6 Å². The van der Waals surface area contributed by atoms with Crippen LogP contribution in [0, 0.1) is 5.41 Å². The van der Waals surface area contributed by atoms with E-state index in [9.17, 15) is 13.2 Å². The zero-order chi connectivity index (χ0) is 16.4. The van der Waals surface area contributed by atoms with Crippen molar-refractivity contribution in [3.05, 3.63) is 12.3 Å². The normalized spacial score (nSPS) is 21.0. The molecule has 1 fully saturated rings. The van der Waals surface area contributed by atoms with E-state index in [-0.39, 0.29) is 28.9 Å². The van der Waals surface area contributed by atoms with Gasteiger partial charge in [0.25, 0.3) is 0 Å². The number of hydrogen-bond donors (Lipinski definition) is 1. The van der Waals surface area contributed by atoms with Gasteiger partial charge in [0.05, 0.1) is 23.7 Å². The Morgan fingerprint density at radius 2 is 2.18 bits per heavy atom. The molecule has 7 heteroatoms. The molecule has 0 unspecified atom stereocenters. The molecule has 1 aromatic rings. The van der Waals surface area contributed by atoms with Gasteiger partial charge in [-0.1, -0.05) is 20.8 Å². The summed E-state index contributed by atoms with van der Waals surface area (Å²) in [5.74, 6) is 0.827. The minimum absolute atomic E-state index is 0.0492. The summed E-state index contributed by atoms with van der Waals surface area (Å²) in [7, 11) is -2.97. The average Bonchev–Trinajstić information content (AvgIpc) is 2.93. The van der Waals surface area contributed by atoms with Gasteiger partial charge in [0, 0.05) is 12.5 Å². The van der Waals surface area contributed by atoms with E-state index in [2.05, 4.69) is 31.2 Å². The molecule has 1 saturated heterocycles. The molecule has 2 heterocycles. The quantitative estimate of drug-likeness (QED) is 0.900. The predicted molar refractivity (Wildman–Crippen MR) is 86.5 cm³/mol. The maximum atomic E-state index is 12.0. The molecule has 0 spiro atoms. The van der Waals surface area contributed by atoms with Crippen LogP contribution in [0.2, 0.25) is 0 Å². The van der Waals surface area contributed by atoms with Crippen LogP contribution in [-0.2, 0) is 14.6 Å². The molecule has 1 aliphatic heterocycles. The van der Waals surface area contributed by atoms with Gasteiger partial charge in [0.2, 0.25) is 5.91 Å². The molecule has 1 N–H and O–H groups in total. The summed E-state index contributed by atoms with van der Waals surface area (Å²) in [6.45, 7) is 6.46. The highest BCUT2D eigenvalue weighted by Crippen LogP contribution is 2.26. The molecule has 1 atom stereocenters. The van der Waals surface area contributed by atoms with Gasteiger partial charge in [-0.15, -0.1) is 0 Å². The number of anilines is 1. The maximum Gasteiger partial charge on any atom is 0.225 e. The summed E-state index contributed by atoms with van der Waals surface area (Å²) in [6, 6.07) is 1.54. The van der Waals surface area contributed by atoms with Crippen LogP contribution in [0.4, 0.5) is 5.82 Å². The highest BCUT2D eigenvalue weighted by Gasteiger charge is 2.30. The Bertz CT molecular complexity index is 629. The van der Waals surface area contributed by atoms with E-state index >= 15 is 0 Å². The standard InChI is InChI=1S/C15H25N3O3S/c1-15(2,3)8-4-5-14(19)17-13-6-9-16-18(13)12-7-10-22(20,21)11-12/h6,9,12H,4-5,7-8,10-11H2,1-3H3,(H,17,19)/t12-/m0/s1. The third-order valence-electron chi connectivity index (χ3n) is 3.82. The number of nitrogens with one attached hydrogen (secondary N) is 1. The van der Waals surface area contributed by atoms with E-state index in [4.69, 9.17) is 0 Å². The van der Waals surface area contributed by atoms with Crippen LogP contribution in [0.5, 0.6) is 0 Å². The zero-order valence-electron chi connectivity index (χ0n) is 13.5. The Hall–Kier alpha value is -1.37. The highest BCUT2D eigenvalue weighted by atomic mass is 32.2. The summed E-state index contributed by atoms with van der Waals surface area (Å²) in [5, 5.41) is 7.02. The van der Waals surface area contributed by atoms with Gasteiger partial charge in [-0.3, -0.25) is 4.79 Å². The van der Waals surface area contributed by atoms with E-state index in [1.807, 2.05) is 0 Å². The minimum Gasteiger partial charge on any atom is -0.311 e. The minimum atomic E-state index is -2.97. The topological polar surface area (TPSA) is 81.1 Å². The summed E-state index contributed by atoms with van der Waals surface area (Å²) >= 11 is 0. The Balaban J connectivity index is 1.91. The van der Waals surface area contributed by atoms with Crippen LogP contribution < -0.4 is 5.32 Å². The summed E-state index contributed by atoms with van der Waals surface area (Å²) in [4.78, 5) is 12.0. The Morgan fingerprint density at radius 3 is 2.77 bits per heavy atom. The fourth-order valence-corrected chi connectivity index (χ4v) is 4.35. The first-order chi connectivity index (χ1) is 10.2. The van der Waals surface area contributed by atoms with Crippen molar-refractivity contribution in [1.29, 1.82) is 0 Å². The first-order valence-electron chi connectivity index (χ1n) is 7.70. The van der Waals surface area contributed by atoms with Crippen molar-refractivity contribution >= 4 is 21.6 Å². The average molecular weight is 327 g/mol. The van der Waals surface area contributed by atoms with Crippen molar-refractivity contribution in [3.63, 3.8) is 0 Å². The largest absolute Gasteiger partial charge is 0.311 e. The Kier molecular flexibility index (Phi) is 4.94. The van der Waals surface area contributed by atoms with Gasteiger partial charge in [-0.25, -0.2) is 13.1 Å². The lowest BCUT2D eigenvalue weighted by Gasteiger charge is -2.17. The second-order valence-corrected chi connectivity index (χ2v) is 9.41. The fourth-order valence-electron chi connectivity index (χ4n) is 2.66. The van der Waals surface area contributed by atoms with Gasteiger partial charge in [0.1, 0.15) is 5.82 Å². The van der Waals surface area contributed by atoms with Gasteiger partial charge >= 0.3 is 0 Å². The van der Waals surface area contributed by atoms with Crippen LogP contribution in [0.15, 0.2) is 12.3 Å². The van der Waals surface area contributed by atoms with Gasteiger partial charge in [-0.05, 0) is 24.7 Å². The number of sulfone groups is 1. The zero-order valence-corrected chi connectivity index (χ0v) is 14.3. The lowest BCUT2D eigenvalue weighted by molar-refractivity contribution is -0.116. The molecule has 0 aliphatic carbocycles. The molecular weight excluding hydrogens is 302 g/mol. The van der Waals surface area contributed by atoms with Crippen LogP contribution in [0.1, 0.15) is 52.5 Å². The van der Waals surface area contributed by atoms with E-state index in [1.165, 1.54) is 0 Å². The van der Waals surface area contributed by atoms with E-state index in [0.29, 0.717) is 18.7 Å². The molecule has 6 nitrogen and oxygen atoms in total. The molecule has 0 bridgehead atoms. The van der Waals surface area contributed by atoms with Crippen LogP contribution >= 0.6 is 0 Å². The lowest BCUT2D eigenvalue weighted by atomic mass is 9.90. The van der Waals surface area contributed by atoms with Crippen molar-refractivity contribution in [2.45, 2.75) is 52.5 Å². The molecule has 22 heavy (non-hydrogen) atoms. The Labute approximate surface area is 132 Å². The predicted octanol–water partition coefficient (Wildman–Crippen LogP) is 2.40. The third kappa shape index (κ3) is 4.83.